The largest absolute Gasteiger partial charge is 0.380 e. The maximum absolute atomic E-state index is 5.76. The Morgan fingerprint density at radius 1 is 0.632 bits per heavy atom. The highest BCUT2D eigenvalue weighted by atomic mass is 32.2. The molecule has 0 radical (unpaired) electrons. The zero-order valence-electron chi connectivity index (χ0n) is 12.6. The molecule has 0 aromatic carbocycles. The second-order valence-electron chi connectivity index (χ2n) is 6.04. The van der Waals surface area contributed by atoms with Crippen molar-refractivity contribution in [1.82, 2.24) is 0 Å². The average Bonchev–Trinajstić information content (AvgIpc) is 2.79. The Morgan fingerprint density at radius 2 is 1.05 bits per heavy atom. The molecule has 112 valence electrons. The number of methoxy groups -OCH3 is 2. The molecule has 2 rings (SSSR count). The highest BCUT2D eigenvalue weighted by molar-refractivity contribution is 8.00. The second-order valence-corrected chi connectivity index (χ2v) is 7.52. The van der Waals surface area contributed by atoms with E-state index in [0.717, 1.165) is 0 Å². The van der Waals surface area contributed by atoms with Gasteiger partial charge in [-0.05, 0) is 25.7 Å². The molecular formula is C16H30O2S. The number of hydrogen-bond donors (Lipinski definition) is 0. The minimum absolute atomic E-state index is 0.466. The fourth-order valence-corrected chi connectivity index (χ4v) is 5.45. The van der Waals surface area contributed by atoms with Gasteiger partial charge in [0, 0.05) is 24.7 Å². The summed E-state index contributed by atoms with van der Waals surface area (Å²) >= 11 is 2.18. The summed E-state index contributed by atoms with van der Waals surface area (Å²) in [5, 5.41) is 1.38. The molecular weight excluding hydrogens is 256 g/mol. The molecule has 0 N–H and O–H groups in total. The summed E-state index contributed by atoms with van der Waals surface area (Å²) in [6.45, 7) is 0. The van der Waals surface area contributed by atoms with Gasteiger partial charge in [-0.2, -0.15) is 0 Å². The number of rotatable bonds is 4. The molecule has 0 amide bonds. The van der Waals surface area contributed by atoms with Crippen LogP contribution in [0.5, 0.6) is 0 Å². The van der Waals surface area contributed by atoms with Crippen molar-refractivity contribution >= 4 is 11.8 Å². The maximum atomic E-state index is 5.76. The van der Waals surface area contributed by atoms with Gasteiger partial charge in [-0.3, -0.25) is 0 Å². The molecule has 4 atom stereocenters. The van der Waals surface area contributed by atoms with Gasteiger partial charge in [0.1, 0.15) is 0 Å². The van der Waals surface area contributed by atoms with E-state index < -0.39 is 0 Å². The summed E-state index contributed by atoms with van der Waals surface area (Å²) in [4.78, 5) is 0. The smallest absolute Gasteiger partial charge is 0.0689 e. The van der Waals surface area contributed by atoms with Crippen molar-refractivity contribution in [2.24, 2.45) is 0 Å². The van der Waals surface area contributed by atoms with E-state index in [1.807, 2.05) is 14.2 Å². The van der Waals surface area contributed by atoms with Crippen molar-refractivity contribution in [3.8, 4) is 0 Å². The van der Waals surface area contributed by atoms with E-state index in [9.17, 15) is 0 Å². The van der Waals surface area contributed by atoms with E-state index in [1.54, 1.807) is 0 Å². The lowest BCUT2D eigenvalue weighted by Gasteiger charge is -2.30. The van der Waals surface area contributed by atoms with Crippen LogP contribution in [-0.4, -0.2) is 36.9 Å². The van der Waals surface area contributed by atoms with Crippen LogP contribution in [0.15, 0.2) is 0 Å². The van der Waals surface area contributed by atoms with Crippen molar-refractivity contribution < 1.29 is 9.47 Å². The molecule has 0 aromatic heterocycles. The first-order chi connectivity index (χ1) is 9.35. The molecule has 3 heteroatoms. The predicted molar refractivity (Wildman–Crippen MR) is 82.9 cm³/mol. The van der Waals surface area contributed by atoms with Gasteiger partial charge in [-0.1, -0.05) is 38.5 Å². The molecule has 0 heterocycles. The molecule has 4 unspecified atom stereocenters. The van der Waals surface area contributed by atoms with E-state index in [0.29, 0.717) is 22.7 Å². The summed E-state index contributed by atoms with van der Waals surface area (Å²) in [6.07, 6.45) is 14.3. The Morgan fingerprint density at radius 3 is 1.47 bits per heavy atom. The SMILES string of the molecule is COC1CCCCCC1SC1CCCCCC1OC. The van der Waals surface area contributed by atoms with Crippen molar-refractivity contribution in [2.75, 3.05) is 14.2 Å². The standard InChI is InChI=1S/C16H30O2S/c1-17-13-9-5-3-7-11-15(13)19-16-12-8-4-6-10-14(16)18-2/h13-16H,3-12H2,1-2H3. The highest BCUT2D eigenvalue weighted by Gasteiger charge is 2.31. The van der Waals surface area contributed by atoms with Crippen LogP contribution in [0, 0.1) is 0 Å². The van der Waals surface area contributed by atoms with Gasteiger partial charge in [0.25, 0.3) is 0 Å². The minimum Gasteiger partial charge on any atom is -0.380 e. The lowest BCUT2D eigenvalue weighted by atomic mass is 10.1. The van der Waals surface area contributed by atoms with Gasteiger partial charge in [-0.25, -0.2) is 0 Å². The molecule has 0 saturated heterocycles. The fraction of sp³-hybridized carbons (Fsp3) is 1.00. The molecule has 2 nitrogen and oxygen atoms in total. The van der Waals surface area contributed by atoms with Crippen LogP contribution in [0.4, 0.5) is 0 Å². The van der Waals surface area contributed by atoms with Crippen molar-refractivity contribution in [2.45, 2.75) is 86.9 Å². The fourth-order valence-electron chi connectivity index (χ4n) is 3.55. The molecule has 2 fully saturated rings. The highest BCUT2D eigenvalue weighted by Crippen LogP contribution is 2.37. The lowest BCUT2D eigenvalue weighted by molar-refractivity contribution is 0.0879. The lowest BCUT2D eigenvalue weighted by Crippen LogP contribution is -2.31. The molecule has 0 spiro atoms. The number of thioether (sulfide) groups is 1. The first kappa shape index (κ1) is 15.7. The Hall–Kier alpha value is 0.270. The minimum atomic E-state index is 0.466. The van der Waals surface area contributed by atoms with Crippen molar-refractivity contribution in [3.05, 3.63) is 0 Å². The van der Waals surface area contributed by atoms with Gasteiger partial charge in [0.15, 0.2) is 0 Å². The van der Waals surface area contributed by atoms with Crippen LogP contribution >= 0.6 is 11.8 Å². The first-order valence-corrected chi connectivity index (χ1v) is 9.00. The number of ether oxygens (including phenoxy) is 2. The zero-order valence-corrected chi connectivity index (χ0v) is 13.4. The van der Waals surface area contributed by atoms with Gasteiger partial charge >= 0.3 is 0 Å². The van der Waals surface area contributed by atoms with Gasteiger partial charge < -0.3 is 9.47 Å². The normalized spacial score (nSPS) is 37.6. The molecule has 0 aromatic rings. The van der Waals surface area contributed by atoms with E-state index in [2.05, 4.69) is 11.8 Å². The summed E-state index contributed by atoms with van der Waals surface area (Å²) in [7, 11) is 3.79. The van der Waals surface area contributed by atoms with Crippen LogP contribution in [0.3, 0.4) is 0 Å². The van der Waals surface area contributed by atoms with Crippen LogP contribution in [0.25, 0.3) is 0 Å². The maximum Gasteiger partial charge on any atom is 0.0689 e. The summed E-state index contributed by atoms with van der Waals surface area (Å²) in [5.74, 6) is 0. The van der Waals surface area contributed by atoms with Gasteiger partial charge in [-0.15, -0.1) is 11.8 Å². The quantitative estimate of drug-likeness (QED) is 0.713. The Kier molecular flexibility index (Phi) is 7.03. The van der Waals surface area contributed by atoms with Gasteiger partial charge in [0.05, 0.1) is 12.2 Å². The second kappa shape index (κ2) is 8.53. The molecule has 2 aliphatic carbocycles. The third-order valence-electron chi connectivity index (χ3n) is 4.74. The van der Waals surface area contributed by atoms with Crippen LogP contribution in [0.2, 0.25) is 0 Å². The van der Waals surface area contributed by atoms with Crippen LogP contribution in [0.1, 0.15) is 64.2 Å². The van der Waals surface area contributed by atoms with Crippen molar-refractivity contribution in [1.29, 1.82) is 0 Å². The Bertz CT molecular complexity index is 223. The molecule has 0 bridgehead atoms. The number of hydrogen-bond acceptors (Lipinski definition) is 3. The zero-order chi connectivity index (χ0) is 13.5. The third kappa shape index (κ3) is 4.64. The molecule has 2 aliphatic rings. The monoisotopic (exact) mass is 286 g/mol. The summed E-state index contributed by atoms with van der Waals surface area (Å²) < 4.78 is 11.5. The average molecular weight is 286 g/mol. The topological polar surface area (TPSA) is 18.5 Å². The van der Waals surface area contributed by atoms with E-state index in [4.69, 9.17) is 9.47 Å². The third-order valence-corrected chi connectivity index (χ3v) is 6.52. The molecule has 19 heavy (non-hydrogen) atoms. The summed E-state index contributed by atoms with van der Waals surface area (Å²) in [5.41, 5.74) is 0. The summed E-state index contributed by atoms with van der Waals surface area (Å²) in [6, 6.07) is 0. The van der Waals surface area contributed by atoms with E-state index in [1.165, 1.54) is 64.2 Å². The van der Waals surface area contributed by atoms with E-state index in [-0.39, 0.29) is 0 Å². The van der Waals surface area contributed by atoms with Crippen LogP contribution in [-0.2, 0) is 9.47 Å². The predicted octanol–water partition coefficient (Wildman–Crippen LogP) is 4.42. The Labute approximate surface area is 123 Å². The van der Waals surface area contributed by atoms with Crippen LogP contribution < -0.4 is 0 Å². The van der Waals surface area contributed by atoms with E-state index >= 15 is 0 Å². The molecule has 0 aliphatic heterocycles. The van der Waals surface area contributed by atoms with Crippen molar-refractivity contribution in [3.63, 3.8) is 0 Å². The molecule has 2 saturated carbocycles. The van der Waals surface area contributed by atoms with Gasteiger partial charge in [0.2, 0.25) is 0 Å². The first-order valence-electron chi connectivity index (χ1n) is 8.06. The Balaban J connectivity index is 1.95.